The predicted molar refractivity (Wildman–Crippen MR) is 131 cm³/mol. The van der Waals surface area contributed by atoms with Gasteiger partial charge >= 0.3 is 0 Å². The van der Waals surface area contributed by atoms with Gasteiger partial charge in [0.05, 0.1) is 51.5 Å². The molecule has 1 heterocycles. The molecule has 0 spiro atoms. The third-order valence-electron chi connectivity index (χ3n) is 6.42. The summed E-state index contributed by atoms with van der Waals surface area (Å²) in [5, 5.41) is 11.3. The average molecular weight is 468 g/mol. The Balaban J connectivity index is 2.09. The van der Waals surface area contributed by atoms with Gasteiger partial charge in [-0.25, -0.2) is 0 Å². The molecule has 1 aliphatic heterocycles. The Bertz CT molecular complexity index is 1060. The number of aliphatic hydroxyl groups is 1. The second-order valence-corrected chi connectivity index (χ2v) is 8.39. The molecular formula is C27H35N2O5+. The van der Waals surface area contributed by atoms with Gasteiger partial charge < -0.3 is 24.4 Å². The second-order valence-electron chi connectivity index (χ2n) is 8.39. The molecule has 2 aromatic rings. The van der Waals surface area contributed by atoms with Crippen LogP contribution < -0.4 is 14.4 Å². The number of nitrogens with one attached hydrogen (secondary N) is 1. The number of benzene rings is 2. The first-order chi connectivity index (χ1) is 16.4. The van der Waals surface area contributed by atoms with Crippen LogP contribution in [0.5, 0.6) is 11.5 Å². The number of quaternary nitrogens is 1. The first-order valence-electron chi connectivity index (χ1n) is 11.9. The number of carbonyl (C=O) groups excluding carboxylic acids is 2. The van der Waals surface area contributed by atoms with Crippen molar-refractivity contribution >= 4 is 17.4 Å². The van der Waals surface area contributed by atoms with Gasteiger partial charge in [-0.05, 0) is 69.2 Å². The van der Waals surface area contributed by atoms with Gasteiger partial charge in [-0.1, -0.05) is 12.1 Å². The van der Waals surface area contributed by atoms with Crippen LogP contribution in [0.1, 0.15) is 43.5 Å². The number of likely N-dealkylation sites (tertiary alicyclic amines) is 1. The predicted octanol–water partition coefficient (Wildman–Crippen LogP) is 2.75. The number of methoxy groups -OCH3 is 1. The lowest BCUT2D eigenvalue weighted by Crippen LogP contribution is -3.12. The van der Waals surface area contributed by atoms with Crippen molar-refractivity contribution in [2.24, 2.45) is 0 Å². The highest BCUT2D eigenvalue weighted by atomic mass is 16.5. The number of aliphatic hydroxyl groups excluding tert-OH is 1. The lowest BCUT2D eigenvalue weighted by molar-refractivity contribution is -0.895. The van der Waals surface area contributed by atoms with Crippen LogP contribution in [0.15, 0.2) is 48.0 Å². The van der Waals surface area contributed by atoms with Gasteiger partial charge in [0.15, 0.2) is 0 Å². The van der Waals surface area contributed by atoms with Gasteiger partial charge in [-0.15, -0.1) is 0 Å². The molecule has 1 fully saturated rings. The van der Waals surface area contributed by atoms with Crippen LogP contribution in [0.3, 0.4) is 0 Å². The Morgan fingerprint density at radius 3 is 2.29 bits per heavy atom. The van der Waals surface area contributed by atoms with Gasteiger partial charge in [0.2, 0.25) is 0 Å². The van der Waals surface area contributed by atoms with Crippen LogP contribution >= 0.6 is 0 Å². The first-order valence-corrected chi connectivity index (χ1v) is 11.9. The molecule has 0 aliphatic carbocycles. The van der Waals surface area contributed by atoms with E-state index in [1.807, 2.05) is 38.1 Å². The van der Waals surface area contributed by atoms with Crippen molar-refractivity contribution in [2.45, 2.75) is 33.7 Å². The van der Waals surface area contributed by atoms with Gasteiger partial charge in [-0.2, -0.15) is 0 Å². The summed E-state index contributed by atoms with van der Waals surface area (Å²) in [4.78, 5) is 29.3. The molecule has 1 saturated heterocycles. The number of nitrogens with zero attached hydrogens (tertiary/aromatic N) is 1. The number of Topliss-reactive ketones (excluding diaryl/α,β-unsaturated/α-hetero) is 1. The van der Waals surface area contributed by atoms with Crippen LogP contribution in [0.25, 0.3) is 5.76 Å². The Morgan fingerprint density at radius 1 is 1.06 bits per heavy atom. The van der Waals surface area contributed by atoms with Crippen molar-refractivity contribution in [3.63, 3.8) is 0 Å². The lowest BCUT2D eigenvalue weighted by atomic mass is 9.94. The number of ketones is 1. The monoisotopic (exact) mass is 467 g/mol. The van der Waals surface area contributed by atoms with E-state index in [1.54, 1.807) is 30.2 Å². The smallest absolute Gasteiger partial charge is 0.295 e. The number of ether oxygens (including phenoxy) is 2. The zero-order chi connectivity index (χ0) is 24.8. The summed E-state index contributed by atoms with van der Waals surface area (Å²) < 4.78 is 10.9. The summed E-state index contributed by atoms with van der Waals surface area (Å²) in [6, 6.07) is 11.9. The zero-order valence-corrected chi connectivity index (χ0v) is 20.7. The molecule has 2 aromatic carbocycles. The van der Waals surface area contributed by atoms with Crippen molar-refractivity contribution in [3.05, 3.63) is 64.7 Å². The minimum Gasteiger partial charge on any atom is -0.507 e. The first kappa shape index (κ1) is 25.3. The number of aryl methyl sites for hydroxylation is 1. The standard InChI is InChI=1S/C27H34N2O5/c1-6-28(7-2)15-16-29-24(19-9-12-21(13-10-19)34-8-3)23(26(31)27(29)32)25(30)20-11-14-22(33-5)18(4)17-20/h9-14,17,24,30H,6-8,15-16H2,1-5H3/p+1/t24-/m1/s1. The Kier molecular flexibility index (Phi) is 8.34. The molecule has 1 amide bonds. The third kappa shape index (κ3) is 5.09. The van der Waals surface area contributed by atoms with Crippen LogP contribution in [-0.2, 0) is 9.59 Å². The molecule has 34 heavy (non-hydrogen) atoms. The fourth-order valence-electron chi connectivity index (χ4n) is 4.43. The van der Waals surface area contributed by atoms with Crippen molar-refractivity contribution in [3.8, 4) is 11.5 Å². The molecule has 0 aromatic heterocycles. The van der Waals surface area contributed by atoms with Crippen LogP contribution in [0, 0.1) is 6.92 Å². The highest BCUT2D eigenvalue weighted by Crippen LogP contribution is 2.40. The average Bonchev–Trinajstić information content (AvgIpc) is 3.10. The number of amides is 1. The highest BCUT2D eigenvalue weighted by molar-refractivity contribution is 6.46. The van der Waals surface area contributed by atoms with Crippen molar-refractivity contribution in [2.75, 3.05) is 39.9 Å². The van der Waals surface area contributed by atoms with E-state index in [4.69, 9.17) is 9.47 Å². The molecule has 182 valence electrons. The Labute approximate surface area is 201 Å². The minimum atomic E-state index is -0.673. The van der Waals surface area contributed by atoms with Crippen molar-refractivity contribution in [1.82, 2.24) is 4.90 Å². The molecule has 1 atom stereocenters. The summed E-state index contributed by atoms with van der Waals surface area (Å²) >= 11 is 0. The molecule has 7 nitrogen and oxygen atoms in total. The molecule has 0 saturated carbocycles. The van der Waals surface area contributed by atoms with Gasteiger partial charge in [-0.3, -0.25) is 9.59 Å². The number of hydrogen-bond donors (Lipinski definition) is 2. The number of likely N-dealkylation sites (N-methyl/N-ethyl adjacent to an activating group) is 1. The molecular weight excluding hydrogens is 432 g/mol. The summed E-state index contributed by atoms with van der Waals surface area (Å²) in [7, 11) is 1.58. The normalized spacial score (nSPS) is 17.5. The molecule has 3 rings (SSSR count). The highest BCUT2D eigenvalue weighted by Gasteiger charge is 2.46. The van der Waals surface area contributed by atoms with Gasteiger partial charge in [0.1, 0.15) is 17.3 Å². The molecule has 0 radical (unpaired) electrons. The molecule has 0 bridgehead atoms. The summed E-state index contributed by atoms with van der Waals surface area (Å²) in [5.74, 6) is -0.0406. The van der Waals surface area contributed by atoms with Crippen LogP contribution in [0.4, 0.5) is 0 Å². The van der Waals surface area contributed by atoms with E-state index in [2.05, 4.69) is 13.8 Å². The molecule has 2 N–H and O–H groups in total. The van der Waals surface area contributed by atoms with E-state index in [9.17, 15) is 14.7 Å². The van der Waals surface area contributed by atoms with E-state index in [0.29, 0.717) is 30.2 Å². The number of rotatable bonds is 10. The van der Waals surface area contributed by atoms with E-state index in [0.717, 1.165) is 30.8 Å². The van der Waals surface area contributed by atoms with Crippen LogP contribution in [0.2, 0.25) is 0 Å². The fourth-order valence-corrected chi connectivity index (χ4v) is 4.43. The van der Waals surface area contributed by atoms with Crippen molar-refractivity contribution < 1.29 is 29.1 Å². The van der Waals surface area contributed by atoms with Gasteiger partial charge in [0.25, 0.3) is 11.7 Å². The maximum absolute atomic E-state index is 13.2. The Morgan fingerprint density at radius 2 is 1.74 bits per heavy atom. The van der Waals surface area contributed by atoms with Crippen molar-refractivity contribution in [1.29, 1.82) is 0 Å². The fraction of sp³-hybridized carbons (Fsp3) is 0.407. The SMILES string of the molecule is CCOc1ccc([C@@H]2C(=C(O)c3ccc(OC)c(C)c3)C(=O)C(=O)N2CC[NH+](CC)CC)cc1. The number of hydrogen-bond acceptors (Lipinski definition) is 5. The maximum atomic E-state index is 13.2. The number of carbonyl (C=O) groups is 2. The van der Waals surface area contributed by atoms with Gasteiger partial charge in [0, 0.05) is 5.56 Å². The Hall–Kier alpha value is -3.32. The summed E-state index contributed by atoms with van der Waals surface area (Å²) in [6.45, 7) is 11.5. The lowest BCUT2D eigenvalue weighted by Gasteiger charge is -2.27. The largest absolute Gasteiger partial charge is 0.507 e. The maximum Gasteiger partial charge on any atom is 0.295 e. The van der Waals surface area contributed by atoms with E-state index < -0.39 is 17.7 Å². The van der Waals surface area contributed by atoms with Crippen LogP contribution in [-0.4, -0.2) is 61.6 Å². The molecule has 0 unspecified atom stereocenters. The zero-order valence-electron chi connectivity index (χ0n) is 20.7. The second kappa shape index (κ2) is 11.2. The summed E-state index contributed by atoms with van der Waals surface area (Å²) in [6.07, 6.45) is 0. The van der Waals surface area contributed by atoms with E-state index in [1.165, 1.54) is 4.90 Å². The van der Waals surface area contributed by atoms with E-state index in [-0.39, 0.29) is 11.3 Å². The summed E-state index contributed by atoms with van der Waals surface area (Å²) in [5.41, 5.74) is 2.15. The molecule has 1 aliphatic rings. The quantitative estimate of drug-likeness (QED) is 0.319. The third-order valence-corrected chi connectivity index (χ3v) is 6.42. The minimum absolute atomic E-state index is 0.105. The molecule has 7 heteroatoms. The van der Waals surface area contributed by atoms with E-state index >= 15 is 0 Å². The topological polar surface area (TPSA) is 80.5 Å².